The van der Waals surface area contributed by atoms with Crippen molar-refractivity contribution in [1.82, 2.24) is 0 Å². The maximum Gasteiger partial charge on any atom is 0.146 e. The largest absolute Gasteiger partial charge is 0.355 e. The second-order valence-corrected chi connectivity index (χ2v) is 4.36. The van der Waals surface area contributed by atoms with Gasteiger partial charge < -0.3 is 9.47 Å². The highest BCUT2D eigenvalue weighted by Crippen LogP contribution is 2.04. The summed E-state index contributed by atoms with van der Waals surface area (Å²) in [4.78, 5) is 0. The fraction of sp³-hybridized carbons (Fsp3) is 0.867. The third-order valence-corrected chi connectivity index (χ3v) is 2.67. The predicted molar refractivity (Wildman–Crippen MR) is 72.8 cm³/mol. The van der Waals surface area contributed by atoms with Crippen molar-refractivity contribution in [2.75, 3.05) is 20.0 Å². The molecule has 0 aliphatic heterocycles. The lowest BCUT2D eigenvalue weighted by molar-refractivity contribution is -0.0555. The van der Waals surface area contributed by atoms with Gasteiger partial charge in [0.15, 0.2) is 0 Å². The molecule has 0 saturated heterocycles. The van der Waals surface area contributed by atoms with Gasteiger partial charge in [0.2, 0.25) is 0 Å². The molecule has 0 fully saturated rings. The minimum absolute atomic E-state index is 0.459. The minimum atomic E-state index is 0.459. The minimum Gasteiger partial charge on any atom is -0.355 e. The smallest absolute Gasteiger partial charge is 0.146 e. The Morgan fingerprint density at radius 1 is 0.824 bits per heavy atom. The molecule has 2 heteroatoms. The lowest BCUT2D eigenvalue weighted by Gasteiger charge is -2.05. The van der Waals surface area contributed by atoms with Gasteiger partial charge in [-0.2, -0.15) is 0 Å². The van der Waals surface area contributed by atoms with E-state index in [-0.39, 0.29) is 0 Å². The van der Waals surface area contributed by atoms with Crippen LogP contribution in [0.1, 0.15) is 64.7 Å². The van der Waals surface area contributed by atoms with Crippen LogP contribution in [0.25, 0.3) is 0 Å². The zero-order valence-corrected chi connectivity index (χ0v) is 11.4. The van der Waals surface area contributed by atoms with Crippen LogP contribution in [0.4, 0.5) is 0 Å². The Bertz CT molecular complexity index is 172. The van der Waals surface area contributed by atoms with E-state index in [9.17, 15) is 0 Å². The van der Waals surface area contributed by atoms with Gasteiger partial charge in [-0.25, -0.2) is 0 Å². The summed E-state index contributed by atoms with van der Waals surface area (Å²) in [6, 6.07) is 0. The maximum absolute atomic E-state index is 5.39. The number of ether oxygens (including phenoxy) is 2. The summed E-state index contributed by atoms with van der Waals surface area (Å²) in [5, 5.41) is 0. The Kier molecular flexibility index (Phi) is 15.0. The highest BCUT2D eigenvalue weighted by atomic mass is 16.7. The molecule has 0 rings (SSSR count). The summed E-state index contributed by atoms with van der Waals surface area (Å²) in [6.45, 7) is 4.31. The van der Waals surface area contributed by atoms with Crippen LogP contribution in [0.2, 0.25) is 0 Å². The molecule has 0 radical (unpaired) electrons. The Hall–Kier alpha value is -0.520. The summed E-state index contributed by atoms with van der Waals surface area (Å²) in [6.07, 6.45) is 15.8. The Labute approximate surface area is 107 Å². The van der Waals surface area contributed by atoms with Gasteiger partial charge in [-0.05, 0) is 19.3 Å². The average Bonchev–Trinajstić information content (AvgIpc) is 2.35. The normalized spacial score (nSPS) is 10.4. The molecule has 0 bridgehead atoms. The second-order valence-electron chi connectivity index (χ2n) is 4.36. The van der Waals surface area contributed by atoms with Crippen LogP contribution in [0, 0.1) is 12.3 Å². The highest BCUT2D eigenvalue weighted by molar-refractivity contribution is 4.82. The van der Waals surface area contributed by atoms with Crippen molar-refractivity contribution >= 4 is 0 Å². The molecule has 0 aromatic carbocycles. The molecule has 0 aromatic heterocycles. The zero-order chi connectivity index (χ0) is 12.6. The summed E-state index contributed by atoms with van der Waals surface area (Å²) >= 11 is 0. The third-order valence-electron chi connectivity index (χ3n) is 2.67. The van der Waals surface area contributed by atoms with Crippen molar-refractivity contribution in [3.63, 3.8) is 0 Å². The molecule has 0 amide bonds. The van der Waals surface area contributed by atoms with E-state index >= 15 is 0 Å². The first-order valence-electron chi connectivity index (χ1n) is 7.00. The van der Waals surface area contributed by atoms with Gasteiger partial charge in [0.1, 0.15) is 6.79 Å². The van der Waals surface area contributed by atoms with E-state index < -0.39 is 0 Å². The molecule has 0 saturated carbocycles. The molecule has 100 valence electrons. The Balaban J connectivity index is 2.87. The van der Waals surface area contributed by atoms with E-state index in [0.29, 0.717) is 6.79 Å². The molecule has 2 nitrogen and oxygen atoms in total. The van der Waals surface area contributed by atoms with Crippen LogP contribution in [0.3, 0.4) is 0 Å². The van der Waals surface area contributed by atoms with Crippen molar-refractivity contribution in [3.05, 3.63) is 0 Å². The van der Waals surface area contributed by atoms with Crippen molar-refractivity contribution in [2.45, 2.75) is 64.7 Å². The molecule has 0 spiro atoms. The second kappa shape index (κ2) is 15.5. The number of hydrogen-bond donors (Lipinski definition) is 0. The first-order chi connectivity index (χ1) is 8.41. The summed E-state index contributed by atoms with van der Waals surface area (Å²) < 4.78 is 10.7. The standard InChI is InChI=1S/C15H28O2/c1-3-5-7-8-9-10-12-14-17-15-16-13-11-6-4-2/h1H,4-15H2,2H3. The van der Waals surface area contributed by atoms with E-state index in [4.69, 9.17) is 15.9 Å². The van der Waals surface area contributed by atoms with Crippen LogP contribution < -0.4 is 0 Å². The SMILES string of the molecule is C#CCCCCCCCOCOCCCCC. The number of terminal acetylenes is 1. The van der Waals surface area contributed by atoms with Crippen molar-refractivity contribution in [3.8, 4) is 12.3 Å². The molecule has 0 aromatic rings. The molecule has 0 aliphatic carbocycles. The van der Waals surface area contributed by atoms with E-state index in [0.717, 1.165) is 38.9 Å². The Morgan fingerprint density at radius 3 is 2.06 bits per heavy atom. The molecule has 0 heterocycles. The van der Waals surface area contributed by atoms with Crippen LogP contribution in [-0.2, 0) is 9.47 Å². The first-order valence-corrected chi connectivity index (χ1v) is 7.00. The van der Waals surface area contributed by atoms with Crippen LogP contribution in [0.15, 0.2) is 0 Å². The average molecular weight is 240 g/mol. The van der Waals surface area contributed by atoms with Gasteiger partial charge >= 0.3 is 0 Å². The lowest BCUT2D eigenvalue weighted by atomic mass is 10.1. The Morgan fingerprint density at radius 2 is 1.41 bits per heavy atom. The molecular weight excluding hydrogens is 212 g/mol. The maximum atomic E-state index is 5.39. The van der Waals surface area contributed by atoms with E-state index in [1.54, 1.807) is 0 Å². The van der Waals surface area contributed by atoms with Gasteiger partial charge in [0, 0.05) is 19.6 Å². The van der Waals surface area contributed by atoms with Crippen LogP contribution in [0.5, 0.6) is 0 Å². The summed E-state index contributed by atoms with van der Waals surface area (Å²) in [7, 11) is 0. The van der Waals surface area contributed by atoms with Gasteiger partial charge in [0.05, 0.1) is 0 Å². The summed E-state index contributed by atoms with van der Waals surface area (Å²) in [5.41, 5.74) is 0. The van der Waals surface area contributed by atoms with E-state index in [1.165, 1.54) is 32.1 Å². The fourth-order valence-corrected chi connectivity index (χ4v) is 1.59. The van der Waals surface area contributed by atoms with Crippen LogP contribution in [-0.4, -0.2) is 20.0 Å². The van der Waals surface area contributed by atoms with E-state index in [1.807, 2.05) is 0 Å². The predicted octanol–water partition coefficient (Wildman–Crippen LogP) is 4.14. The molecular formula is C15H28O2. The highest BCUT2D eigenvalue weighted by Gasteiger charge is 1.92. The lowest BCUT2D eigenvalue weighted by Crippen LogP contribution is -2.02. The summed E-state index contributed by atoms with van der Waals surface area (Å²) in [5.74, 6) is 2.67. The van der Waals surface area contributed by atoms with Gasteiger partial charge in [-0.15, -0.1) is 12.3 Å². The molecule has 0 N–H and O–H groups in total. The van der Waals surface area contributed by atoms with Crippen molar-refractivity contribution < 1.29 is 9.47 Å². The topological polar surface area (TPSA) is 18.5 Å². The van der Waals surface area contributed by atoms with Gasteiger partial charge in [-0.1, -0.05) is 39.0 Å². The number of unbranched alkanes of at least 4 members (excludes halogenated alkanes) is 7. The number of rotatable bonds is 13. The van der Waals surface area contributed by atoms with Crippen molar-refractivity contribution in [1.29, 1.82) is 0 Å². The molecule has 0 aliphatic rings. The van der Waals surface area contributed by atoms with E-state index in [2.05, 4.69) is 12.8 Å². The van der Waals surface area contributed by atoms with Gasteiger partial charge in [0.25, 0.3) is 0 Å². The monoisotopic (exact) mass is 240 g/mol. The third kappa shape index (κ3) is 15.5. The zero-order valence-electron chi connectivity index (χ0n) is 11.4. The molecule has 17 heavy (non-hydrogen) atoms. The van der Waals surface area contributed by atoms with Crippen LogP contribution >= 0.6 is 0 Å². The molecule has 0 unspecified atom stereocenters. The van der Waals surface area contributed by atoms with Gasteiger partial charge in [-0.3, -0.25) is 0 Å². The molecule has 0 atom stereocenters. The first kappa shape index (κ1) is 16.5. The fourth-order valence-electron chi connectivity index (χ4n) is 1.59. The number of hydrogen-bond acceptors (Lipinski definition) is 2. The van der Waals surface area contributed by atoms with Crippen molar-refractivity contribution in [2.24, 2.45) is 0 Å². The quantitative estimate of drug-likeness (QED) is 0.274.